The SMILES string of the molecule is O=C(Nc1cc(F)c(F)cc1C(=O)O)NC1CCOCC1. The third-order valence-corrected chi connectivity index (χ3v) is 3.10. The first kappa shape index (κ1) is 15.2. The number of hydrogen-bond donors (Lipinski definition) is 3. The molecule has 1 aromatic carbocycles. The molecule has 2 amide bonds. The number of aromatic carboxylic acids is 1. The van der Waals surface area contributed by atoms with Crippen LogP contribution in [-0.2, 0) is 4.74 Å². The van der Waals surface area contributed by atoms with Gasteiger partial charge in [-0.25, -0.2) is 18.4 Å². The van der Waals surface area contributed by atoms with Crippen LogP contribution in [0.25, 0.3) is 0 Å². The van der Waals surface area contributed by atoms with Crippen molar-refractivity contribution in [1.82, 2.24) is 5.32 Å². The highest BCUT2D eigenvalue weighted by Crippen LogP contribution is 2.20. The van der Waals surface area contributed by atoms with E-state index in [4.69, 9.17) is 9.84 Å². The van der Waals surface area contributed by atoms with Gasteiger partial charge in [0.25, 0.3) is 0 Å². The van der Waals surface area contributed by atoms with Gasteiger partial charge in [-0.2, -0.15) is 0 Å². The number of benzene rings is 1. The van der Waals surface area contributed by atoms with E-state index in [2.05, 4.69) is 10.6 Å². The van der Waals surface area contributed by atoms with Crippen molar-refractivity contribution in [1.29, 1.82) is 0 Å². The quantitative estimate of drug-likeness (QED) is 0.796. The van der Waals surface area contributed by atoms with Gasteiger partial charge in [-0.1, -0.05) is 0 Å². The van der Waals surface area contributed by atoms with Gasteiger partial charge in [0.2, 0.25) is 0 Å². The summed E-state index contributed by atoms with van der Waals surface area (Å²) >= 11 is 0. The smallest absolute Gasteiger partial charge is 0.337 e. The predicted octanol–water partition coefficient (Wildman–Crippen LogP) is 1.96. The van der Waals surface area contributed by atoms with Crippen molar-refractivity contribution in [2.24, 2.45) is 0 Å². The maximum atomic E-state index is 13.2. The molecule has 0 aliphatic carbocycles. The van der Waals surface area contributed by atoms with Gasteiger partial charge in [0.1, 0.15) is 0 Å². The predicted molar refractivity (Wildman–Crippen MR) is 69.3 cm³/mol. The largest absolute Gasteiger partial charge is 0.478 e. The molecule has 8 heteroatoms. The lowest BCUT2D eigenvalue weighted by molar-refractivity contribution is 0.0697. The van der Waals surface area contributed by atoms with Crippen LogP contribution >= 0.6 is 0 Å². The van der Waals surface area contributed by atoms with E-state index in [-0.39, 0.29) is 11.7 Å². The maximum absolute atomic E-state index is 13.2. The van der Waals surface area contributed by atoms with Crippen LogP contribution < -0.4 is 10.6 Å². The summed E-state index contributed by atoms with van der Waals surface area (Å²) in [5.74, 6) is -3.99. The van der Waals surface area contributed by atoms with Gasteiger partial charge in [-0.3, -0.25) is 0 Å². The fourth-order valence-electron chi connectivity index (χ4n) is 2.01. The molecular formula is C13H14F2N2O4. The van der Waals surface area contributed by atoms with E-state index >= 15 is 0 Å². The lowest BCUT2D eigenvalue weighted by atomic mass is 10.1. The highest BCUT2D eigenvalue weighted by atomic mass is 19.2. The molecule has 0 spiro atoms. The standard InChI is InChI=1S/C13H14F2N2O4/c14-9-5-8(12(18)19)11(6-10(9)15)17-13(20)16-7-1-3-21-4-2-7/h5-7H,1-4H2,(H,18,19)(H2,16,17,20). The minimum absolute atomic E-state index is 0.0997. The molecule has 0 atom stereocenters. The second-order valence-corrected chi connectivity index (χ2v) is 4.60. The van der Waals surface area contributed by atoms with Crippen LogP contribution in [0.15, 0.2) is 12.1 Å². The van der Waals surface area contributed by atoms with Crippen molar-refractivity contribution < 1.29 is 28.2 Å². The summed E-state index contributed by atoms with van der Waals surface area (Å²) in [6.45, 7) is 1.05. The first-order valence-electron chi connectivity index (χ1n) is 6.35. The molecule has 6 nitrogen and oxygen atoms in total. The van der Waals surface area contributed by atoms with Gasteiger partial charge in [0, 0.05) is 25.3 Å². The van der Waals surface area contributed by atoms with Gasteiger partial charge >= 0.3 is 12.0 Å². The molecule has 1 aliphatic rings. The van der Waals surface area contributed by atoms with Crippen molar-refractivity contribution in [2.45, 2.75) is 18.9 Å². The first-order chi connectivity index (χ1) is 9.97. The molecule has 1 aliphatic heterocycles. The Morgan fingerprint density at radius 3 is 2.43 bits per heavy atom. The van der Waals surface area contributed by atoms with E-state index in [1.165, 1.54) is 0 Å². The van der Waals surface area contributed by atoms with Gasteiger partial charge in [0.05, 0.1) is 11.3 Å². The Balaban J connectivity index is 2.09. The number of nitrogens with one attached hydrogen (secondary N) is 2. The zero-order valence-corrected chi connectivity index (χ0v) is 11.0. The van der Waals surface area contributed by atoms with E-state index in [9.17, 15) is 18.4 Å². The van der Waals surface area contributed by atoms with Crippen LogP contribution in [0.3, 0.4) is 0 Å². The third kappa shape index (κ3) is 3.88. The Kier molecular flexibility index (Phi) is 4.69. The van der Waals surface area contributed by atoms with Crippen LogP contribution in [0.2, 0.25) is 0 Å². The molecule has 1 heterocycles. The van der Waals surface area contributed by atoms with Crippen LogP contribution in [-0.4, -0.2) is 36.4 Å². The molecule has 0 aromatic heterocycles. The van der Waals surface area contributed by atoms with Gasteiger partial charge in [-0.15, -0.1) is 0 Å². The number of carboxylic acid groups (broad SMARTS) is 1. The summed E-state index contributed by atoms with van der Waals surface area (Å²) in [6.07, 6.45) is 1.27. The molecule has 0 radical (unpaired) electrons. The van der Waals surface area contributed by atoms with Crippen LogP contribution in [0.1, 0.15) is 23.2 Å². The molecule has 21 heavy (non-hydrogen) atoms. The lowest BCUT2D eigenvalue weighted by Crippen LogP contribution is -2.41. The summed E-state index contributed by atoms with van der Waals surface area (Å²) in [4.78, 5) is 22.8. The summed E-state index contributed by atoms with van der Waals surface area (Å²) in [7, 11) is 0. The molecule has 114 valence electrons. The highest BCUT2D eigenvalue weighted by Gasteiger charge is 2.19. The lowest BCUT2D eigenvalue weighted by Gasteiger charge is -2.23. The topological polar surface area (TPSA) is 87.7 Å². The number of urea groups is 1. The number of rotatable bonds is 3. The van der Waals surface area contributed by atoms with Gasteiger partial charge in [-0.05, 0) is 18.9 Å². The molecule has 3 N–H and O–H groups in total. The fraction of sp³-hybridized carbons (Fsp3) is 0.385. The van der Waals surface area contributed by atoms with Crippen LogP contribution in [0.4, 0.5) is 19.3 Å². The van der Waals surface area contributed by atoms with E-state index in [1.807, 2.05) is 0 Å². The third-order valence-electron chi connectivity index (χ3n) is 3.10. The highest BCUT2D eigenvalue weighted by molar-refractivity contribution is 6.00. The molecule has 1 aromatic rings. The Morgan fingerprint density at radius 1 is 1.19 bits per heavy atom. The summed E-state index contributed by atoms with van der Waals surface area (Å²) in [6, 6.07) is 0.400. The monoisotopic (exact) mass is 300 g/mol. The number of amides is 2. The number of carboxylic acids is 1. The average Bonchev–Trinajstić information content (AvgIpc) is 2.43. The molecule has 0 saturated carbocycles. The van der Waals surface area contributed by atoms with Gasteiger partial charge in [0.15, 0.2) is 11.6 Å². The maximum Gasteiger partial charge on any atom is 0.337 e. The summed E-state index contributed by atoms with van der Waals surface area (Å²) in [5.41, 5.74) is -0.818. The summed E-state index contributed by atoms with van der Waals surface area (Å²) < 4.78 is 31.4. The minimum Gasteiger partial charge on any atom is -0.478 e. The average molecular weight is 300 g/mol. The van der Waals surface area contributed by atoms with Crippen LogP contribution in [0, 0.1) is 11.6 Å². The number of carbonyl (C=O) groups is 2. The Labute approximate surface area is 119 Å². The molecule has 2 rings (SSSR count). The van der Waals surface area contributed by atoms with Gasteiger partial charge < -0.3 is 20.5 Å². The molecule has 1 fully saturated rings. The molecule has 0 bridgehead atoms. The van der Waals surface area contributed by atoms with Crippen molar-refractivity contribution in [2.75, 3.05) is 18.5 Å². The number of hydrogen-bond acceptors (Lipinski definition) is 3. The Bertz CT molecular complexity index is 559. The fourth-order valence-corrected chi connectivity index (χ4v) is 2.01. The number of halogens is 2. The normalized spacial score (nSPS) is 15.5. The minimum atomic E-state index is -1.46. The molecular weight excluding hydrogens is 286 g/mol. The molecule has 1 saturated heterocycles. The van der Waals surface area contributed by atoms with Crippen LogP contribution in [0.5, 0.6) is 0 Å². The summed E-state index contributed by atoms with van der Waals surface area (Å²) in [5, 5.41) is 13.8. The second-order valence-electron chi connectivity index (χ2n) is 4.60. The van der Waals surface area contributed by atoms with E-state index in [1.54, 1.807) is 0 Å². The first-order valence-corrected chi connectivity index (χ1v) is 6.35. The van der Waals surface area contributed by atoms with E-state index in [0.29, 0.717) is 38.2 Å². The zero-order valence-electron chi connectivity index (χ0n) is 11.0. The Morgan fingerprint density at radius 2 is 1.81 bits per heavy atom. The van der Waals surface area contributed by atoms with E-state index < -0.39 is 29.2 Å². The Hall–Kier alpha value is -2.22. The van der Waals surface area contributed by atoms with E-state index in [0.717, 1.165) is 0 Å². The van der Waals surface area contributed by atoms with Crippen molar-refractivity contribution in [3.05, 3.63) is 29.3 Å². The van der Waals surface area contributed by atoms with Crippen molar-refractivity contribution >= 4 is 17.7 Å². The second kappa shape index (κ2) is 6.49. The molecule has 0 unspecified atom stereocenters. The van der Waals surface area contributed by atoms with Crippen molar-refractivity contribution in [3.63, 3.8) is 0 Å². The number of anilines is 1. The number of ether oxygens (including phenoxy) is 1. The number of carbonyl (C=O) groups excluding carboxylic acids is 1. The van der Waals surface area contributed by atoms with Crippen molar-refractivity contribution in [3.8, 4) is 0 Å². The zero-order chi connectivity index (χ0) is 15.4.